The van der Waals surface area contributed by atoms with Crippen LogP contribution in [0.2, 0.25) is 5.02 Å². The van der Waals surface area contributed by atoms with Crippen LogP contribution in [0.5, 0.6) is 0 Å². The maximum absolute atomic E-state index is 12.1. The number of hydrogen-bond acceptors (Lipinski definition) is 4. The lowest BCUT2D eigenvalue weighted by Gasteiger charge is -2.05. The molecule has 20 heavy (non-hydrogen) atoms. The Hall–Kier alpha value is -2.18. The Labute approximate surface area is 119 Å². The molecular formula is C13H12ClN5O. The minimum absolute atomic E-state index is 0.221. The first-order chi connectivity index (χ1) is 9.69. The summed E-state index contributed by atoms with van der Waals surface area (Å²) < 4.78 is 2.80. The molecule has 0 radical (unpaired) electrons. The quantitative estimate of drug-likeness (QED) is 0.782. The summed E-state index contributed by atoms with van der Waals surface area (Å²) in [6, 6.07) is 5.56. The first kappa shape index (κ1) is 12.8. The molecule has 0 aliphatic carbocycles. The Morgan fingerprint density at radius 2 is 2.20 bits per heavy atom. The van der Waals surface area contributed by atoms with E-state index < -0.39 is 0 Å². The van der Waals surface area contributed by atoms with E-state index in [0.29, 0.717) is 23.8 Å². The normalized spacial score (nSPS) is 11.1. The molecule has 0 saturated heterocycles. The first-order valence-corrected chi connectivity index (χ1v) is 6.43. The standard InChI is InChI=1S/C13H12ClN5O/c14-11-5-9(6-15)1-2-10(11)8-19-13(20)18-4-3-16-7-12(18)17-19/h1-5,7H,6,8,15H2. The van der Waals surface area contributed by atoms with Crippen molar-refractivity contribution in [2.24, 2.45) is 5.73 Å². The van der Waals surface area contributed by atoms with Gasteiger partial charge in [-0.15, -0.1) is 5.10 Å². The molecule has 0 spiro atoms. The monoisotopic (exact) mass is 289 g/mol. The van der Waals surface area contributed by atoms with Gasteiger partial charge in [-0.2, -0.15) is 0 Å². The van der Waals surface area contributed by atoms with E-state index in [1.165, 1.54) is 15.3 Å². The molecule has 2 aromatic heterocycles. The number of nitrogens with zero attached hydrogens (tertiary/aromatic N) is 4. The Morgan fingerprint density at radius 3 is 2.90 bits per heavy atom. The van der Waals surface area contributed by atoms with Gasteiger partial charge in [0.15, 0.2) is 5.65 Å². The highest BCUT2D eigenvalue weighted by atomic mass is 35.5. The zero-order chi connectivity index (χ0) is 14.1. The summed E-state index contributed by atoms with van der Waals surface area (Å²) in [6.45, 7) is 0.740. The second kappa shape index (κ2) is 5.07. The fraction of sp³-hybridized carbons (Fsp3) is 0.154. The van der Waals surface area contributed by atoms with Crippen LogP contribution < -0.4 is 11.4 Å². The highest BCUT2D eigenvalue weighted by molar-refractivity contribution is 6.31. The fourth-order valence-corrected chi connectivity index (χ4v) is 2.25. The number of rotatable bonds is 3. The summed E-state index contributed by atoms with van der Waals surface area (Å²) in [5, 5.41) is 4.79. The molecule has 0 aliphatic rings. The number of halogens is 1. The molecule has 2 N–H and O–H groups in total. The summed E-state index contributed by atoms with van der Waals surface area (Å²) >= 11 is 6.19. The summed E-state index contributed by atoms with van der Waals surface area (Å²) in [4.78, 5) is 16.1. The molecule has 0 unspecified atom stereocenters. The summed E-state index contributed by atoms with van der Waals surface area (Å²) in [5.41, 5.74) is 7.62. The predicted octanol–water partition coefficient (Wildman–Crippen LogP) is 1.05. The lowest BCUT2D eigenvalue weighted by Crippen LogP contribution is -2.21. The second-order valence-electron chi connectivity index (χ2n) is 4.37. The highest BCUT2D eigenvalue weighted by Crippen LogP contribution is 2.18. The molecular weight excluding hydrogens is 278 g/mol. The molecule has 1 aromatic carbocycles. The molecule has 0 amide bonds. The molecule has 0 bridgehead atoms. The Morgan fingerprint density at radius 1 is 1.35 bits per heavy atom. The number of nitrogens with two attached hydrogens (primary N) is 1. The zero-order valence-electron chi connectivity index (χ0n) is 10.5. The maximum atomic E-state index is 12.1. The van der Waals surface area contributed by atoms with Crippen molar-refractivity contribution in [3.05, 3.63) is 63.4 Å². The molecule has 102 valence electrons. The SMILES string of the molecule is NCc1ccc(Cn2nc3cnccn3c2=O)c(Cl)c1. The molecule has 7 heteroatoms. The van der Waals surface area contributed by atoms with E-state index in [4.69, 9.17) is 17.3 Å². The van der Waals surface area contributed by atoms with Crippen molar-refractivity contribution in [1.29, 1.82) is 0 Å². The van der Waals surface area contributed by atoms with E-state index >= 15 is 0 Å². The average Bonchev–Trinajstić information content (AvgIpc) is 2.78. The summed E-state index contributed by atoms with van der Waals surface area (Å²) in [6.07, 6.45) is 4.67. The van der Waals surface area contributed by atoms with E-state index in [1.54, 1.807) is 18.5 Å². The molecule has 3 rings (SSSR count). The molecule has 0 fully saturated rings. The minimum Gasteiger partial charge on any atom is -0.326 e. The van der Waals surface area contributed by atoms with Gasteiger partial charge >= 0.3 is 5.69 Å². The third-order valence-electron chi connectivity index (χ3n) is 3.06. The van der Waals surface area contributed by atoms with Crippen LogP contribution >= 0.6 is 11.6 Å². The Bertz CT molecular complexity index is 823. The van der Waals surface area contributed by atoms with Crippen LogP contribution in [-0.2, 0) is 13.1 Å². The van der Waals surface area contributed by atoms with Crippen LogP contribution in [0.1, 0.15) is 11.1 Å². The van der Waals surface area contributed by atoms with Gasteiger partial charge in [0.1, 0.15) is 0 Å². The lowest BCUT2D eigenvalue weighted by atomic mass is 10.1. The molecule has 0 atom stereocenters. The first-order valence-electron chi connectivity index (χ1n) is 6.05. The largest absolute Gasteiger partial charge is 0.350 e. The van der Waals surface area contributed by atoms with Gasteiger partial charge in [-0.1, -0.05) is 23.7 Å². The van der Waals surface area contributed by atoms with E-state index in [9.17, 15) is 4.79 Å². The van der Waals surface area contributed by atoms with E-state index in [0.717, 1.165) is 11.1 Å². The van der Waals surface area contributed by atoms with Gasteiger partial charge in [0.2, 0.25) is 0 Å². The molecule has 2 heterocycles. The van der Waals surface area contributed by atoms with Crippen molar-refractivity contribution in [2.75, 3.05) is 0 Å². The molecule has 0 aliphatic heterocycles. The minimum atomic E-state index is -0.221. The van der Waals surface area contributed by atoms with Gasteiger partial charge in [-0.05, 0) is 17.2 Å². The molecule has 6 nitrogen and oxygen atoms in total. The van der Waals surface area contributed by atoms with Crippen molar-refractivity contribution in [2.45, 2.75) is 13.1 Å². The van der Waals surface area contributed by atoms with E-state index in [1.807, 2.05) is 12.1 Å². The van der Waals surface area contributed by atoms with Crippen LogP contribution in [0.15, 0.2) is 41.6 Å². The van der Waals surface area contributed by atoms with Gasteiger partial charge in [0.25, 0.3) is 0 Å². The van der Waals surface area contributed by atoms with Crippen molar-refractivity contribution >= 4 is 17.2 Å². The Kier molecular flexibility index (Phi) is 3.25. The lowest BCUT2D eigenvalue weighted by molar-refractivity contribution is 0.658. The van der Waals surface area contributed by atoms with Crippen LogP contribution in [0, 0.1) is 0 Å². The number of hydrogen-bond donors (Lipinski definition) is 1. The van der Waals surface area contributed by atoms with Crippen molar-refractivity contribution in [1.82, 2.24) is 19.2 Å². The van der Waals surface area contributed by atoms with Gasteiger partial charge in [-0.3, -0.25) is 4.98 Å². The maximum Gasteiger partial charge on any atom is 0.350 e. The summed E-state index contributed by atoms with van der Waals surface area (Å²) in [7, 11) is 0. The van der Waals surface area contributed by atoms with Crippen LogP contribution in [0.4, 0.5) is 0 Å². The molecule has 3 aromatic rings. The highest BCUT2D eigenvalue weighted by Gasteiger charge is 2.09. The predicted molar refractivity (Wildman–Crippen MR) is 75.7 cm³/mol. The third kappa shape index (κ3) is 2.19. The Balaban J connectivity index is 2.01. The van der Waals surface area contributed by atoms with E-state index in [-0.39, 0.29) is 5.69 Å². The number of benzene rings is 1. The van der Waals surface area contributed by atoms with E-state index in [2.05, 4.69) is 10.1 Å². The van der Waals surface area contributed by atoms with Gasteiger partial charge < -0.3 is 5.73 Å². The van der Waals surface area contributed by atoms with Crippen molar-refractivity contribution in [3.8, 4) is 0 Å². The topological polar surface area (TPSA) is 78.2 Å². The fourth-order valence-electron chi connectivity index (χ4n) is 1.99. The smallest absolute Gasteiger partial charge is 0.326 e. The van der Waals surface area contributed by atoms with Crippen molar-refractivity contribution < 1.29 is 0 Å². The second-order valence-corrected chi connectivity index (χ2v) is 4.78. The van der Waals surface area contributed by atoms with Gasteiger partial charge in [-0.25, -0.2) is 13.9 Å². The van der Waals surface area contributed by atoms with Crippen LogP contribution in [0.3, 0.4) is 0 Å². The summed E-state index contributed by atoms with van der Waals surface area (Å²) in [5.74, 6) is 0. The van der Waals surface area contributed by atoms with Crippen LogP contribution in [-0.4, -0.2) is 19.2 Å². The number of fused-ring (bicyclic) bond motifs is 1. The molecule has 0 saturated carbocycles. The third-order valence-corrected chi connectivity index (χ3v) is 3.41. The van der Waals surface area contributed by atoms with Crippen molar-refractivity contribution in [3.63, 3.8) is 0 Å². The van der Waals surface area contributed by atoms with Crippen LogP contribution in [0.25, 0.3) is 5.65 Å². The number of aromatic nitrogens is 4. The average molecular weight is 290 g/mol. The van der Waals surface area contributed by atoms with Gasteiger partial charge in [0, 0.05) is 24.0 Å². The van der Waals surface area contributed by atoms with Gasteiger partial charge in [0.05, 0.1) is 12.7 Å². The zero-order valence-corrected chi connectivity index (χ0v) is 11.3.